The molecule has 0 atom stereocenters. The predicted molar refractivity (Wildman–Crippen MR) is 37.2 cm³/mol. The summed E-state index contributed by atoms with van der Waals surface area (Å²) in [5.74, 6) is 0.187. The molecule has 0 aromatic carbocycles. The van der Waals surface area contributed by atoms with E-state index in [0.717, 1.165) is 25.7 Å². The Kier molecular flexibility index (Phi) is 2.68. The second kappa shape index (κ2) is 3.56. The van der Waals surface area contributed by atoms with Crippen molar-refractivity contribution in [2.75, 3.05) is 6.73 Å². The summed E-state index contributed by atoms with van der Waals surface area (Å²) in [6, 6.07) is 0. The monoisotopic (exact) mass is 143 g/mol. The van der Waals surface area contributed by atoms with Crippen LogP contribution in [-0.4, -0.2) is 17.7 Å². The first-order valence-corrected chi connectivity index (χ1v) is 3.73. The van der Waals surface area contributed by atoms with E-state index in [1.165, 1.54) is 0 Å². The second-order valence-electron chi connectivity index (χ2n) is 2.68. The van der Waals surface area contributed by atoms with Crippen molar-refractivity contribution in [3.05, 3.63) is 0 Å². The first-order chi connectivity index (χ1) is 4.84. The number of aliphatic hydroxyl groups excluding tert-OH is 1. The molecule has 1 saturated carbocycles. The van der Waals surface area contributed by atoms with Gasteiger partial charge in [-0.1, -0.05) is 12.8 Å². The molecule has 0 unspecified atom stereocenters. The molecule has 0 aromatic heterocycles. The van der Waals surface area contributed by atoms with E-state index in [9.17, 15) is 4.79 Å². The molecular weight excluding hydrogens is 130 g/mol. The highest BCUT2D eigenvalue weighted by Gasteiger charge is 2.21. The number of carbonyl (C=O) groups is 1. The molecule has 1 amide bonds. The highest BCUT2D eigenvalue weighted by atomic mass is 16.3. The Balaban J connectivity index is 2.25. The van der Waals surface area contributed by atoms with Crippen LogP contribution in [0.1, 0.15) is 25.7 Å². The fourth-order valence-electron chi connectivity index (χ4n) is 1.41. The van der Waals surface area contributed by atoms with E-state index in [-0.39, 0.29) is 18.6 Å². The lowest BCUT2D eigenvalue weighted by molar-refractivity contribution is -0.125. The van der Waals surface area contributed by atoms with Crippen molar-refractivity contribution in [2.24, 2.45) is 5.92 Å². The second-order valence-corrected chi connectivity index (χ2v) is 2.68. The molecule has 3 heteroatoms. The van der Waals surface area contributed by atoms with Gasteiger partial charge in [0.15, 0.2) is 0 Å². The van der Waals surface area contributed by atoms with Gasteiger partial charge in [0.25, 0.3) is 0 Å². The molecule has 1 aliphatic carbocycles. The van der Waals surface area contributed by atoms with Crippen molar-refractivity contribution in [1.29, 1.82) is 0 Å². The molecule has 1 rings (SSSR count). The molecule has 3 nitrogen and oxygen atoms in total. The number of hydrogen-bond acceptors (Lipinski definition) is 2. The Morgan fingerprint density at radius 1 is 1.50 bits per heavy atom. The van der Waals surface area contributed by atoms with Gasteiger partial charge in [-0.05, 0) is 12.8 Å². The molecule has 0 spiro atoms. The number of hydrogen-bond donors (Lipinski definition) is 2. The van der Waals surface area contributed by atoms with E-state index in [2.05, 4.69) is 5.32 Å². The average molecular weight is 143 g/mol. The fourth-order valence-corrected chi connectivity index (χ4v) is 1.41. The van der Waals surface area contributed by atoms with Crippen molar-refractivity contribution in [3.63, 3.8) is 0 Å². The number of aliphatic hydroxyl groups is 1. The van der Waals surface area contributed by atoms with Gasteiger partial charge in [0.2, 0.25) is 5.91 Å². The predicted octanol–water partition coefficient (Wildman–Crippen LogP) is 0.243. The van der Waals surface area contributed by atoms with Gasteiger partial charge in [0, 0.05) is 5.92 Å². The zero-order chi connectivity index (χ0) is 7.40. The third-order valence-corrected chi connectivity index (χ3v) is 1.98. The maximum absolute atomic E-state index is 11.0. The lowest BCUT2D eigenvalue weighted by Gasteiger charge is -2.06. The SMILES string of the molecule is O=C(NCO)C1CCCC1. The normalized spacial score (nSPS) is 19.3. The highest BCUT2D eigenvalue weighted by molar-refractivity contribution is 5.78. The lowest BCUT2D eigenvalue weighted by Crippen LogP contribution is -2.29. The van der Waals surface area contributed by atoms with Gasteiger partial charge in [-0.15, -0.1) is 0 Å². The van der Waals surface area contributed by atoms with Gasteiger partial charge in [-0.2, -0.15) is 0 Å². The minimum atomic E-state index is -0.227. The van der Waals surface area contributed by atoms with Crippen LogP contribution in [0.3, 0.4) is 0 Å². The van der Waals surface area contributed by atoms with E-state index in [0.29, 0.717) is 0 Å². The van der Waals surface area contributed by atoms with Crippen LogP contribution in [-0.2, 0) is 4.79 Å². The van der Waals surface area contributed by atoms with Gasteiger partial charge in [-0.3, -0.25) is 4.79 Å². The van der Waals surface area contributed by atoms with E-state index >= 15 is 0 Å². The van der Waals surface area contributed by atoms with Crippen molar-refractivity contribution in [2.45, 2.75) is 25.7 Å². The summed E-state index contributed by atoms with van der Waals surface area (Å²) in [4.78, 5) is 11.0. The zero-order valence-electron chi connectivity index (χ0n) is 5.97. The van der Waals surface area contributed by atoms with Crippen LogP contribution < -0.4 is 5.32 Å². The molecule has 0 radical (unpaired) electrons. The molecule has 10 heavy (non-hydrogen) atoms. The summed E-state index contributed by atoms with van der Waals surface area (Å²) in [5, 5.41) is 10.8. The molecule has 0 saturated heterocycles. The van der Waals surface area contributed by atoms with Crippen molar-refractivity contribution in [3.8, 4) is 0 Å². The molecule has 0 heterocycles. The Labute approximate surface area is 60.4 Å². The van der Waals surface area contributed by atoms with Crippen LogP contribution in [0.25, 0.3) is 0 Å². The summed E-state index contributed by atoms with van der Waals surface area (Å²) in [7, 11) is 0. The standard InChI is InChI=1S/C7H13NO2/c9-5-8-7(10)6-3-1-2-4-6/h6,9H,1-5H2,(H,8,10). The van der Waals surface area contributed by atoms with E-state index in [1.807, 2.05) is 0 Å². The van der Waals surface area contributed by atoms with Crippen molar-refractivity contribution >= 4 is 5.91 Å². The van der Waals surface area contributed by atoms with Crippen LogP contribution in [0.2, 0.25) is 0 Å². The van der Waals surface area contributed by atoms with Gasteiger partial charge < -0.3 is 10.4 Å². The highest BCUT2D eigenvalue weighted by Crippen LogP contribution is 2.24. The Bertz CT molecular complexity index is 119. The summed E-state index contributed by atoms with van der Waals surface area (Å²) in [6.45, 7) is -0.227. The topological polar surface area (TPSA) is 49.3 Å². The van der Waals surface area contributed by atoms with E-state index in [4.69, 9.17) is 5.11 Å². The fraction of sp³-hybridized carbons (Fsp3) is 0.857. The third-order valence-electron chi connectivity index (χ3n) is 1.98. The summed E-state index contributed by atoms with van der Waals surface area (Å²) < 4.78 is 0. The summed E-state index contributed by atoms with van der Waals surface area (Å²) in [6.07, 6.45) is 4.30. The Morgan fingerprint density at radius 3 is 2.60 bits per heavy atom. The molecule has 1 aliphatic rings. The number of rotatable bonds is 2. The van der Waals surface area contributed by atoms with Gasteiger partial charge >= 0.3 is 0 Å². The van der Waals surface area contributed by atoms with Crippen LogP contribution in [0.4, 0.5) is 0 Å². The average Bonchev–Trinajstić information content (AvgIpc) is 2.38. The smallest absolute Gasteiger partial charge is 0.224 e. The van der Waals surface area contributed by atoms with Gasteiger partial charge in [-0.25, -0.2) is 0 Å². The molecule has 58 valence electrons. The van der Waals surface area contributed by atoms with Crippen LogP contribution in [0.15, 0.2) is 0 Å². The first-order valence-electron chi connectivity index (χ1n) is 3.73. The van der Waals surface area contributed by atoms with E-state index in [1.54, 1.807) is 0 Å². The van der Waals surface area contributed by atoms with Crippen LogP contribution >= 0.6 is 0 Å². The number of amides is 1. The molecule has 2 N–H and O–H groups in total. The van der Waals surface area contributed by atoms with E-state index < -0.39 is 0 Å². The molecule has 0 bridgehead atoms. The maximum Gasteiger partial charge on any atom is 0.224 e. The number of carbonyl (C=O) groups excluding carboxylic acids is 1. The molecule has 0 aliphatic heterocycles. The largest absolute Gasteiger partial charge is 0.377 e. The summed E-state index contributed by atoms with van der Waals surface area (Å²) in [5.41, 5.74) is 0. The third kappa shape index (κ3) is 1.70. The quantitative estimate of drug-likeness (QED) is 0.544. The number of nitrogens with one attached hydrogen (secondary N) is 1. The van der Waals surface area contributed by atoms with Crippen LogP contribution in [0, 0.1) is 5.92 Å². The van der Waals surface area contributed by atoms with Crippen LogP contribution in [0.5, 0.6) is 0 Å². The van der Waals surface area contributed by atoms with Crippen molar-refractivity contribution in [1.82, 2.24) is 5.32 Å². The Hall–Kier alpha value is -0.570. The first kappa shape index (κ1) is 7.54. The van der Waals surface area contributed by atoms with Gasteiger partial charge in [0.1, 0.15) is 6.73 Å². The minimum absolute atomic E-state index is 0.0139. The van der Waals surface area contributed by atoms with Crippen molar-refractivity contribution < 1.29 is 9.90 Å². The Morgan fingerprint density at radius 2 is 2.10 bits per heavy atom. The molecule has 0 aromatic rings. The van der Waals surface area contributed by atoms with Gasteiger partial charge in [0.05, 0.1) is 0 Å². The molecular formula is C7H13NO2. The minimum Gasteiger partial charge on any atom is -0.377 e. The zero-order valence-corrected chi connectivity index (χ0v) is 5.97. The summed E-state index contributed by atoms with van der Waals surface area (Å²) >= 11 is 0. The lowest BCUT2D eigenvalue weighted by atomic mass is 10.1. The molecule has 1 fully saturated rings. The maximum atomic E-state index is 11.0.